The first kappa shape index (κ1) is 15.3. The minimum absolute atomic E-state index is 0.303. The summed E-state index contributed by atoms with van der Waals surface area (Å²) in [6.07, 6.45) is -1.07. The van der Waals surface area contributed by atoms with Crippen molar-refractivity contribution in [1.82, 2.24) is 0 Å². The van der Waals surface area contributed by atoms with Gasteiger partial charge < -0.3 is 25.1 Å². The van der Waals surface area contributed by atoms with E-state index in [1.807, 2.05) is 0 Å². The van der Waals surface area contributed by atoms with Crippen LogP contribution in [0, 0.1) is 5.92 Å². The molecule has 0 aliphatic heterocycles. The number of aliphatic hydroxyl groups excluding tert-OH is 1. The molecule has 0 saturated carbocycles. The van der Waals surface area contributed by atoms with E-state index in [0.29, 0.717) is 6.42 Å². The minimum Gasteiger partial charge on any atom is -0.469 e. The standard InChI is InChI=1S/C10H21NO5/c1-6(12)9(10(13)16-4)7(11)5-8(14-2)15-3/h6-9,12H,5,11H2,1-4H3/t6-,7-,9-/m0/s1. The lowest BCUT2D eigenvalue weighted by Crippen LogP contribution is -2.44. The smallest absolute Gasteiger partial charge is 0.312 e. The van der Waals surface area contributed by atoms with Gasteiger partial charge in [0.2, 0.25) is 0 Å². The fraction of sp³-hybridized carbons (Fsp3) is 0.900. The van der Waals surface area contributed by atoms with Gasteiger partial charge in [-0.3, -0.25) is 4.79 Å². The van der Waals surface area contributed by atoms with Crippen molar-refractivity contribution in [2.24, 2.45) is 11.7 Å². The summed E-state index contributed by atoms with van der Waals surface area (Å²) < 4.78 is 14.5. The molecular formula is C10H21NO5. The van der Waals surface area contributed by atoms with Gasteiger partial charge in [0.05, 0.1) is 19.1 Å². The summed E-state index contributed by atoms with van der Waals surface area (Å²) in [7, 11) is 4.22. The molecule has 6 heteroatoms. The number of rotatable bonds is 7. The van der Waals surface area contributed by atoms with Crippen molar-refractivity contribution in [3.05, 3.63) is 0 Å². The second-order valence-electron chi connectivity index (χ2n) is 3.59. The molecule has 0 amide bonds. The largest absolute Gasteiger partial charge is 0.469 e. The highest BCUT2D eigenvalue weighted by atomic mass is 16.7. The Morgan fingerprint density at radius 1 is 1.31 bits per heavy atom. The van der Waals surface area contributed by atoms with Crippen LogP contribution >= 0.6 is 0 Å². The molecule has 0 radical (unpaired) electrons. The lowest BCUT2D eigenvalue weighted by Gasteiger charge is -2.26. The van der Waals surface area contributed by atoms with E-state index in [1.54, 1.807) is 0 Å². The molecule has 0 saturated heterocycles. The summed E-state index contributed by atoms with van der Waals surface area (Å²) >= 11 is 0. The van der Waals surface area contributed by atoms with Gasteiger partial charge in [0, 0.05) is 26.7 Å². The van der Waals surface area contributed by atoms with Crippen LogP contribution in [0.2, 0.25) is 0 Å². The van der Waals surface area contributed by atoms with Crippen LogP contribution in [0.15, 0.2) is 0 Å². The normalized spacial score (nSPS) is 16.9. The topological polar surface area (TPSA) is 91.0 Å². The average molecular weight is 235 g/mol. The van der Waals surface area contributed by atoms with Gasteiger partial charge in [-0.15, -0.1) is 0 Å². The van der Waals surface area contributed by atoms with Crippen molar-refractivity contribution < 1.29 is 24.1 Å². The summed E-state index contributed by atoms with van der Waals surface area (Å²) in [6, 6.07) is -0.586. The molecule has 0 bridgehead atoms. The van der Waals surface area contributed by atoms with E-state index >= 15 is 0 Å². The van der Waals surface area contributed by atoms with E-state index in [2.05, 4.69) is 4.74 Å². The van der Waals surface area contributed by atoms with E-state index in [1.165, 1.54) is 28.3 Å². The monoisotopic (exact) mass is 235 g/mol. The van der Waals surface area contributed by atoms with E-state index < -0.39 is 30.3 Å². The van der Waals surface area contributed by atoms with Crippen LogP contribution < -0.4 is 5.73 Å². The Balaban J connectivity index is 4.49. The van der Waals surface area contributed by atoms with Crippen molar-refractivity contribution in [1.29, 1.82) is 0 Å². The third-order valence-electron chi connectivity index (χ3n) is 2.44. The van der Waals surface area contributed by atoms with Crippen LogP contribution in [-0.2, 0) is 19.0 Å². The van der Waals surface area contributed by atoms with Gasteiger partial charge in [-0.2, -0.15) is 0 Å². The molecule has 0 unspecified atom stereocenters. The van der Waals surface area contributed by atoms with Crippen LogP contribution in [0.4, 0.5) is 0 Å². The summed E-state index contributed by atoms with van der Waals surface area (Å²) in [5.41, 5.74) is 5.83. The fourth-order valence-corrected chi connectivity index (χ4v) is 1.52. The number of ether oxygens (including phenoxy) is 3. The Hall–Kier alpha value is -0.690. The predicted molar refractivity (Wildman–Crippen MR) is 57.6 cm³/mol. The minimum atomic E-state index is -0.878. The third kappa shape index (κ3) is 4.44. The molecule has 0 fully saturated rings. The molecule has 0 aromatic carbocycles. The maximum Gasteiger partial charge on any atom is 0.312 e. The fourth-order valence-electron chi connectivity index (χ4n) is 1.52. The molecule has 0 rings (SSSR count). The summed E-state index contributed by atoms with van der Waals surface area (Å²) in [6.45, 7) is 1.50. The van der Waals surface area contributed by atoms with Gasteiger partial charge in [0.15, 0.2) is 6.29 Å². The highest BCUT2D eigenvalue weighted by Gasteiger charge is 2.32. The summed E-state index contributed by atoms with van der Waals surface area (Å²) in [5.74, 6) is -1.31. The van der Waals surface area contributed by atoms with Crippen LogP contribution in [0.25, 0.3) is 0 Å². The van der Waals surface area contributed by atoms with Gasteiger partial charge in [0.1, 0.15) is 0 Å². The lowest BCUT2D eigenvalue weighted by molar-refractivity contribution is -0.152. The van der Waals surface area contributed by atoms with Crippen molar-refractivity contribution in [3.8, 4) is 0 Å². The summed E-state index contributed by atoms with van der Waals surface area (Å²) in [4.78, 5) is 11.4. The SMILES string of the molecule is COC(=O)[C@@H]([C@H](C)O)[C@@H](N)CC(OC)OC. The zero-order valence-corrected chi connectivity index (χ0v) is 10.2. The molecule has 0 heterocycles. The first-order chi connectivity index (χ1) is 7.47. The zero-order valence-electron chi connectivity index (χ0n) is 10.2. The second kappa shape index (κ2) is 7.56. The Bertz CT molecular complexity index is 205. The van der Waals surface area contributed by atoms with Crippen LogP contribution in [0.1, 0.15) is 13.3 Å². The number of nitrogens with two attached hydrogens (primary N) is 1. The number of hydrogen-bond acceptors (Lipinski definition) is 6. The van der Waals surface area contributed by atoms with E-state index in [4.69, 9.17) is 15.2 Å². The molecule has 0 aromatic rings. The molecule has 96 valence electrons. The molecular weight excluding hydrogens is 214 g/mol. The van der Waals surface area contributed by atoms with Crippen LogP contribution in [-0.4, -0.2) is 50.8 Å². The lowest BCUT2D eigenvalue weighted by atomic mass is 9.92. The van der Waals surface area contributed by atoms with Gasteiger partial charge in [-0.1, -0.05) is 0 Å². The third-order valence-corrected chi connectivity index (χ3v) is 2.44. The summed E-state index contributed by atoms with van der Waals surface area (Å²) in [5, 5.41) is 9.48. The maximum atomic E-state index is 11.4. The Labute approximate surface area is 95.7 Å². The van der Waals surface area contributed by atoms with Crippen molar-refractivity contribution in [2.45, 2.75) is 31.8 Å². The number of aliphatic hydroxyl groups is 1. The first-order valence-corrected chi connectivity index (χ1v) is 5.05. The van der Waals surface area contributed by atoms with Gasteiger partial charge in [0.25, 0.3) is 0 Å². The first-order valence-electron chi connectivity index (χ1n) is 5.05. The molecule has 3 N–H and O–H groups in total. The van der Waals surface area contributed by atoms with Crippen LogP contribution in [0.5, 0.6) is 0 Å². The van der Waals surface area contributed by atoms with E-state index in [9.17, 15) is 9.90 Å². The Kier molecular flexibility index (Phi) is 7.24. The number of hydrogen-bond donors (Lipinski definition) is 2. The van der Waals surface area contributed by atoms with Crippen molar-refractivity contribution in [3.63, 3.8) is 0 Å². The molecule has 0 aliphatic carbocycles. The number of carbonyl (C=O) groups is 1. The molecule has 0 aromatic heterocycles. The maximum absolute atomic E-state index is 11.4. The van der Waals surface area contributed by atoms with Crippen LogP contribution in [0.3, 0.4) is 0 Å². The molecule has 0 spiro atoms. The van der Waals surface area contributed by atoms with E-state index in [0.717, 1.165) is 0 Å². The van der Waals surface area contributed by atoms with E-state index in [-0.39, 0.29) is 0 Å². The molecule has 16 heavy (non-hydrogen) atoms. The predicted octanol–water partition coefficient (Wildman–Crippen LogP) is -0.507. The van der Waals surface area contributed by atoms with Crippen molar-refractivity contribution in [2.75, 3.05) is 21.3 Å². The Morgan fingerprint density at radius 2 is 1.81 bits per heavy atom. The zero-order chi connectivity index (χ0) is 12.7. The van der Waals surface area contributed by atoms with Gasteiger partial charge >= 0.3 is 5.97 Å². The highest BCUT2D eigenvalue weighted by Crippen LogP contribution is 2.15. The van der Waals surface area contributed by atoms with Crippen molar-refractivity contribution >= 4 is 5.97 Å². The van der Waals surface area contributed by atoms with Gasteiger partial charge in [-0.05, 0) is 6.92 Å². The Morgan fingerprint density at radius 3 is 2.12 bits per heavy atom. The molecule has 6 nitrogen and oxygen atoms in total. The molecule has 3 atom stereocenters. The second-order valence-corrected chi connectivity index (χ2v) is 3.59. The number of methoxy groups -OCH3 is 3. The quantitative estimate of drug-likeness (QED) is 0.456. The number of esters is 1. The number of carbonyl (C=O) groups excluding carboxylic acids is 1. The van der Waals surface area contributed by atoms with Gasteiger partial charge in [-0.25, -0.2) is 0 Å². The average Bonchev–Trinajstić information content (AvgIpc) is 2.25. The molecule has 0 aliphatic rings. The highest BCUT2D eigenvalue weighted by molar-refractivity contribution is 5.73.